The minimum atomic E-state index is -0.552. The third-order valence-corrected chi connectivity index (χ3v) is 6.41. The summed E-state index contributed by atoms with van der Waals surface area (Å²) < 4.78 is 0. The molecule has 0 saturated carbocycles. The zero-order valence-electron chi connectivity index (χ0n) is 16.7. The molecule has 2 N–H and O–H groups in total. The van der Waals surface area contributed by atoms with Gasteiger partial charge in [-0.15, -0.1) is 11.3 Å². The molecule has 3 rings (SSSR count). The van der Waals surface area contributed by atoms with E-state index < -0.39 is 10.8 Å². The van der Waals surface area contributed by atoms with Gasteiger partial charge in [0.2, 0.25) is 0 Å². The van der Waals surface area contributed by atoms with E-state index in [0.717, 1.165) is 42.8 Å². The second-order valence-corrected chi connectivity index (χ2v) is 8.65. The van der Waals surface area contributed by atoms with Crippen LogP contribution in [-0.4, -0.2) is 29.0 Å². The molecule has 0 radical (unpaired) electrons. The minimum Gasteiger partial charge on any atom is -0.366 e. The van der Waals surface area contributed by atoms with Crippen LogP contribution in [0.1, 0.15) is 45.6 Å². The Bertz CT molecular complexity index is 1050. The van der Waals surface area contributed by atoms with Gasteiger partial charge in [0.25, 0.3) is 11.6 Å². The molecule has 0 atom stereocenters. The molecule has 1 fully saturated rings. The van der Waals surface area contributed by atoms with Crippen molar-refractivity contribution in [3.63, 3.8) is 0 Å². The Morgan fingerprint density at radius 3 is 2.63 bits per heavy atom. The molecular formula is C20H21N5O3S2. The molecule has 1 aliphatic heterocycles. The van der Waals surface area contributed by atoms with E-state index in [1.54, 1.807) is 12.1 Å². The minimum absolute atomic E-state index is 0.0283. The third-order valence-electron chi connectivity index (χ3n) is 5.08. The molecule has 2 aromatic rings. The Hall–Kier alpha value is -3.03. The molecule has 1 saturated heterocycles. The number of piperidine rings is 1. The molecule has 1 aliphatic rings. The van der Waals surface area contributed by atoms with Crippen molar-refractivity contribution in [2.24, 2.45) is 0 Å². The zero-order chi connectivity index (χ0) is 21.8. The van der Waals surface area contributed by atoms with E-state index in [1.165, 1.54) is 17.4 Å². The SMILES string of the molecule is Cc1sc(NC(=S)NC(=O)c2ccc(N3CCCCC3)c([N+](=O)[O-])c2)c(C#N)c1C. The van der Waals surface area contributed by atoms with Gasteiger partial charge in [-0.1, -0.05) is 0 Å². The van der Waals surface area contributed by atoms with E-state index in [4.69, 9.17) is 12.2 Å². The highest BCUT2D eigenvalue weighted by Gasteiger charge is 2.23. The molecule has 30 heavy (non-hydrogen) atoms. The largest absolute Gasteiger partial charge is 0.366 e. The lowest BCUT2D eigenvalue weighted by molar-refractivity contribution is -0.384. The summed E-state index contributed by atoms with van der Waals surface area (Å²) in [6, 6.07) is 6.59. The van der Waals surface area contributed by atoms with Gasteiger partial charge in [-0.25, -0.2) is 0 Å². The number of rotatable bonds is 4. The summed E-state index contributed by atoms with van der Waals surface area (Å²) in [5.74, 6) is -0.552. The number of nitro benzene ring substituents is 1. The molecular weight excluding hydrogens is 422 g/mol. The fourth-order valence-corrected chi connectivity index (χ4v) is 4.65. The van der Waals surface area contributed by atoms with Crippen molar-refractivity contribution in [2.45, 2.75) is 33.1 Å². The van der Waals surface area contributed by atoms with Crippen LogP contribution in [0.5, 0.6) is 0 Å². The Morgan fingerprint density at radius 2 is 2.00 bits per heavy atom. The van der Waals surface area contributed by atoms with Crippen LogP contribution in [0.25, 0.3) is 0 Å². The smallest absolute Gasteiger partial charge is 0.293 e. The number of carbonyl (C=O) groups is 1. The summed E-state index contributed by atoms with van der Waals surface area (Å²) in [6.45, 7) is 5.28. The van der Waals surface area contributed by atoms with Gasteiger partial charge in [-0.05, 0) is 63.0 Å². The topological polar surface area (TPSA) is 111 Å². The van der Waals surface area contributed by atoms with Gasteiger partial charge in [0.05, 0.1) is 10.5 Å². The maximum Gasteiger partial charge on any atom is 0.293 e. The highest BCUT2D eigenvalue weighted by atomic mass is 32.1. The Labute approximate surface area is 183 Å². The average Bonchev–Trinajstić information content (AvgIpc) is 3.00. The summed E-state index contributed by atoms with van der Waals surface area (Å²) in [7, 11) is 0. The van der Waals surface area contributed by atoms with Gasteiger partial charge >= 0.3 is 0 Å². The highest BCUT2D eigenvalue weighted by molar-refractivity contribution is 7.80. The molecule has 10 heteroatoms. The Morgan fingerprint density at radius 1 is 1.30 bits per heavy atom. The number of carbonyl (C=O) groups excluding carboxylic acids is 1. The molecule has 0 spiro atoms. The third kappa shape index (κ3) is 4.58. The van der Waals surface area contributed by atoms with Crippen molar-refractivity contribution >= 4 is 51.0 Å². The lowest BCUT2D eigenvalue weighted by Crippen LogP contribution is -2.34. The summed E-state index contributed by atoms with van der Waals surface area (Å²) >= 11 is 6.57. The second-order valence-electron chi connectivity index (χ2n) is 7.02. The van der Waals surface area contributed by atoms with Crippen molar-refractivity contribution in [3.05, 3.63) is 49.9 Å². The van der Waals surface area contributed by atoms with Crippen LogP contribution >= 0.6 is 23.6 Å². The van der Waals surface area contributed by atoms with Gasteiger partial charge in [0.1, 0.15) is 16.8 Å². The van der Waals surface area contributed by atoms with Crippen LogP contribution in [-0.2, 0) is 0 Å². The quantitative estimate of drug-likeness (QED) is 0.412. The predicted molar refractivity (Wildman–Crippen MR) is 121 cm³/mol. The number of nitrogens with one attached hydrogen (secondary N) is 2. The number of hydrogen-bond acceptors (Lipinski definition) is 7. The van der Waals surface area contributed by atoms with Crippen LogP contribution in [0.3, 0.4) is 0 Å². The Balaban J connectivity index is 1.76. The number of nitrogens with zero attached hydrogens (tertiary/aromatic N) is 3. The molecule has 0 aliphatic carbocycles. The molecule has 2 heterocycles. The monoisotopic (exact) mass is 443 g/mol. The summed E-state index contributed by atoms with van der Waals surface area (Å²) in [5.41, 5.74) is 1.92. The molecule has 1 amide bonds. The van der Waals surface area contributed by atoms with Crippen molar-refractivity contribution in [1.82, 2.24) is 5.32 Å². The number of thiocarbonyl (C=S) groups is 1. The number of nitriles is 1. The molecule has 8 nitrogen and oxygen atoms in total. The van der Waals surface area contributed by atoms with Crippen LogP contribution in [0.2, 0.25) is 0 Å². The summed E-state index contributed by atoms with van der Waals surface area (Å²) in [5, 5.41) is 26.9. The first kappa shape index (κ1) is 21.7. The van der Waals surface area contributed by atoms with E-state index in [1.807, 2.05) is 18.7 Å². The number of benzene rings is 1. The van der Waals surface area contributed by atoms with Gasteiger partial charge in [0, 0.05) is 29.6 Å². The molecule has 1 aromatic carbocycles. The molecule has 156 valence electrons. The Kier molecular flexibility index (Phi) is 6.64. The predicted octanol–water partition coefficient (Wildman–Crippen LogP) is 4.26. The maximum absolute atomic E-state index is 12.6. The fourth-order valence-electron chi connectivity index (χ4n) is 3.37. The highest BCUT2D eigenvalue weighted by Crippen LogP contribution is 2.32. The van der Waals surface area contributed by atoms with E-state index >= 15 is 0 Å². The van der Waals surface area contributed by atoms with Gasteiger partial charge in [-0.3, -0.25) is 20.2 Å². The normalized spacial score (nSPS) is 13.4. The first-order valence-electron chi connectivity index (χ1n) is 9.47. The van der Waals surface area contributed by atoms with Crippen molar-refractivity contribution < 1.29 is 9.72 Å². The van der Waals surface area contributed by atoms with E-state index in [2.05, 4.69) is 16.7 Å². The molecule has 0 bridgehead atoms. The number of anilines is 2. The van der Waals surface area contributed by atoms with Crippen LogP contribution < -0.4 is 15.5 Å². The summed E-state index contributed by atoms with van der Waals surface area (Å²) in [6.07, 6.45) is 3.10. The van der Waals surface area contributed by atoms with Gasteiger partial charge in [0.15, 0.2) is 5.11 Å². The van der Waals surface area contributed by atoms with Crippen molar-refractivity contribution in [2.75, 3.05) is 23.3 Å². The number of nitro groups is 1. The van der Waals surface area contributed by atoms with E-state index in [-0.39, 0.29) is 16.4 Å². The zero-order valence-corrected chi connectivity index (χ0v) is 18.3. The first-order chi connectivity index (χ1) is 14.3. The average molecular weight is 444 g/mol. The number of hydrogen-bond donors (Lipinski definition) is 2. The lowest BCUT2D eigenvalue weighted by atomic mass is 10.1. The standard InChI is InChI=1S/C20H21N5O3S2/c1-12-13(2)30-19(15(12)11-21)23-20(29)22-18(26)14-6-7-16(17(10-14)25(27)28)24-8-4-3-5-9-24/h6-7,10H,3-5,8-9H2,1-2H3,(H2,22,23,26,29). The van der Waals surface area contributed by atoms with Crippen LogP contribution in [0.15, 0.2) is 18.2 Å². The number of aryl methyl sites for hydroxylation is 1. The number of amides is 1. The van der Waals surface area contributed by atoms with Gasteiger partial charge in [-0.2, -0.15) is 5.26 Å². The summed E-state index contributed by atoms with van der Waals surface area (Å²) in [4.78, 5) is 26.7. The van der Waals surface area contributed by atoms with E-state index in [0.29, 0.717) is 16.3 Å². The lowest BCUT2D eigenvalue weighted by Gasteiger charge is -2.28. The maximum atomic E-state index is 12.6. The first-order valence-corrected chi connectivity index (χ1v) is 10.7. The number of thiophene rings is 1. The molecule has 0 unspecified atom stereocenters. The van der Waals surface area contributed by atoms with Gasteiger partial charge < -0.3 is 10.2 Å². The van der Waals surface area contributed by atoms with E-state index in [9.17, 15) is 20.2 Å². The van der Waals surface area contributed by atoms with Crippen LogP contribution in [0.4, 0.5) is 16.4 Å². The van der Waals surface area contributed by atoms with Crippen LogP contribution in [0, 0.1) is 35.3 Å². The second kappa shape index (κ2) is 9.19. The fraction of sp³-hybridized carbons (Fsp3) is 0.350. The van der Waals surface area contributed by atoms with Crippen molar-refractivity contribution in [3.8, 4) is 6.07 Å². The molecule has 1 aromatic heterocycles. The van der Waals surface area contributed by atoms with Crippen molar-refractivity contribution in [1.29, 1.82) is 5.26 Å².